The van der Waals surface area contributed by atoms with Gasteiger partial charge in [0.2, 0.25) is 0 Å². The zero-order valence-electron chi connectivity index (χ0n) is 11.0. The molecule has 0 saturated carbocycles. The van der Waals surface area contributed by atoms with Crippen molar-refractivity contribution >= 4 is 17.5 Å². The quantitative estimate of drug-likeness (QED) is 0.703. The van der Waals surface area contributed by atoms with Crippen LogP contribution in [0.25, 0.3) is 6.08 Å². The summed E-state index contributed by atoms with van der Waals surface area (Å²) in [5, 5.41) is 20.3. The molecule has 3 nitrogen and oxygen atoms in total. The van der Waals surface area contributed by atoms with Crippen LogP contribution in [-0.2, 0) is 0 Å². The molecule has 0 amide bonds. The second-order valence-corrected chi connectivity index (χ2v) is 4.91. The average molecular weight is 250 g/mol. The van der Waals surface area contributed by atoms with E-state index in [2.05, 4.69) is 11.9 Å². The van der Waals surface area contributed by atoms with Crippen LogP contribution >= 0.6 is 0 Å². The fraction of sp³-hybridized carbons (Fsp3) is 0.357. The average Bonchev–Trinajstić information content (AvgIpc) is 2.25. The van der Waals surface area contributed by atoms with Crippen molar-refractivity contribution in [3.05, 3.63) is 35.7 Å². The van der Waals surface area contributed by atoms with Crippen molar-refractivity contribution in [1.29, 1.82) is 5.41 Å². The summed E-state index contributed by atoms with van der Waals surface area (Å²) in [7, 11) is 0. The molecule has 1 aromatic rings. The van der Waals surface area contributed by atoms with Gasteiger partial charge in [0, 0.05) is 29.1 Å². The SMILES string of the molecule is C=Cc1cc(C(C)=N)c(NCC(C)(C)O)cc1F. The maximum atomic E-state index is 13.7. The summed E-state index contributed by atoms with van der Waals surface area (Å²) < 4.78 is 13.7. The first kappa shape index (κ1) is 14.4. The Balaban J connectivity index is 3.13. The highest BCUT2D eigenvalue weighted by atomic mass is 19.1. The topological polar surface area (TPSA) is 56.1 Å². The van der Waals surface area contributed by atoms with Crippen LogP contribution in [0, 0.1) is 11.2 Å². The number of rotatable bonds is 5. The lowest BCUT2D eigenvalue weighted by atomic mass is 10.0. The van der Waals surface area contributed by atoms with Crippen molar-refractivity contribution in [2.75, 3.05) is 11.9 Å². The molecular formula is C14H19FN2O. The summed E-state index contributed by atoms with van der Waals surface area (Å²) in [6.45, 7) is 8.76. The lowest BCUT2D eigenvalue weighted by Crippen LogP contribution is -2.29. The van der Waals surface area contributed by atoms with Gasteiger partial charge >= 0.3 is 0 Å². The number of aliphatic hydroxyl groups is 1. The smallest absolute Gasteiger partial charge is 0.132 e. The van der Waals surface area contributed by atoms with Crippen molar-refractivity contribution in [2.24, 2.45) is 0 Å². The summed E-state index contributed by atoms with van der Waals surface area (Å²) in [5.74, 6) is -0.395. The molecule has 0 saturated heterocycles. The van der Waals surface area contributed by atoms with Crippen LogP contribution in [0.5, 0.6) is 0 Å². The molecule has 0 aliphatic heterocycles. The highest BCUT2D eigenvalue weighted by Gasteiger charge is 2.15. The van der Waals surface area contributed by atoms with E-state index in [1.807, 2.05) is 0 Å². The van der Waals surface area contributed by atoms with Gasteiger partial charge in [0.1, 0.15) is 5.82 Å². The monoisotopic (exact) mass is 250 g/mol. The lowest BCUT2D eigenvalue weighted by Gasteiger charge is -2.20. The first-order valence-electron chi connectivity index (χ1n) is 5.72. The van der Waals surface area contributed by atoms with Crippen molar-refractivity contribution in [3.8, 4) is 0 Å². The Labute approximate surface area is 107 Å². The van der Waals surface area contributed by atoms with Gasteiger partial charge in [0.25, 0.3) is 0 Å². The van der Waals surface area contributed by atoms with Crippen LogP contribution in [0.4, 0.5) is 10.1 Å². The first-order valence-corrected chi connectivity index (χ1v) is 5.72. The summed E-state index contributed by atoms with van der Waals surface area (Å²) in [6, 6.07) is 2.91. The Kier molecular flexibility index (Phi) is 4.24. The Morgan fingerprint density at radius 1 is 1.56 bits per heavy atom. The zero-order valence-corrected chi connectivity index (χ0v) is 11.0. The van der Waals surface area contributed by atoms with E-state index < -0.39 is 11.4 Å². The highest BCUT2D eigenvalue weighted by Crippen LogP contribution is 2.23. The second kappa shape index (κ2) is 5.31. The van der Waals surface area contributed by atoms with Crippen molar-refractivity contribution in [3.63, 3.8) is 0 Å². The van der Waals surface area contributed by atoms with Gasteiger partial charge in [-0.15, -0.1) is 0 Å². The Morgan fingerprint density at radius 3 is 2.61 bits per heavy atom. The number of benzene rings is 1. The van der Waals surface area contributed by atoms with Gasteiger partial charge in [0.05, 0.1) is 5.60 Å². The number of anilines is 1. The summed E-state index contributed by atoms with van der Waals surface area (Å²) in [5.41, 5.74) is 0.908. The number of hydrogen-bond acceptors (Lipinski definition) is 3. The summed E-state index contributed by atoms with van der Waals surface area (Å²) in [6.07, 6.45) is 1.42. The standard InChI is InChI=1S/C14H19FN2O/c1-5-10-6-11(9(2)16)13(7-12(10)15)17-8-14(3,4)18/h5-7,16-18H,1,8H2,2-4H3. The Hall–Kier alpha value is -1.68. The van der Waals surface area contributed by atoms with E-state index in [-0.39, 0.29) is 6.54 Å². The van der Waals surface area contributed by atoms with E-state index >= 15 is 0 Å². The van der Waals surface area contributed by atoms with E-state index in [1.165, 1.54) is 12.1 Å². The molecule has 0 unspecified atom stereocenters. The van der Waals surface area contributed by atoms with Crippen molar-refractivity contribution < 1.29 is 9.50 Å². The van der Waals surface area contributed by atoms with Crippen molar-refractivity contribution in [1.82, 2.24) is 0 Å². The molecule has 0 aliphatic rings. The van der Waals surface area contributed by atoms with Gasteiger partial charge < -0.3 is 15.8 Å². The van der Waals surface area contributed by atoms with Gasteiger partial charge in [-0.25, -0.2) is 4.39 Å². The highest BCUT2D eigenvalue weighted by molar-refractivity contribution is 6.02. The molecule has 18 heavy (non-hydrogen) atoms. The maximum absolute atomic E-state index is 13.7. The molecular weight excluding hydrogens is 231 g/mol. The Morgan fingerprint density at radius 2 is 2.17 bits per heavy atom. The molecule has 0 fully saturated rings. The minimum Gasteiger partial charge on any atom is -0.389 e. The minimum absolute atomic E-state index is 0.278. The van der Waals surface area contributed by atoms with Gasteiger partial charge in [-0.3, -0.25) is 0 Å². The van der Waals surface area contributed by atoms with Crippen LogP contribution in [0.2, 0.25) is 0 Å². The number of hydrogen-bond donors (Lipinski definition) is 3. The van der Waals surface area contributed by atoms with Crippen LogP contribution in [0.3, 0.4) is 0 Å². The van der Waals surface area contributed by atoms with Crippen molar-refractivity contribution in [2.45, 2.75) is 26.4 Å². The molecule has 3 N–H and O–H groups in total. The third-order valence-electron chi connectivity index (χ3n) is 2.47. The molecule has 0 spiro atoms. The van der Waals surface area contributed by atoms with Crippen LogP contribution in [0.15, 0.2) is 18.7 Å². The van der Waals surface area contributed by atoms with E-state index in [1.54, 1.807) is 26.8 Å². The molecule has 0 bridgehead atoms. The zero-order chi connectivity index (χ0) is 13.9. The van der Waals surface area contributed by atoms with Gasteiger partial charge in [-0.05, 0) is 32.9 Å². The molecule has 0 heterocycles. The van der Waals surface area contributed by atoms with E-state index in [0.717, 1.165) is 0 Å². The number of nitrogens with one attached hydrogen (secondary N) is 2. The van der Waals surface area contributed by atoms with Crippen LogP contribution in [-0.4, -0.2) is 23.0 Å². The third-order valence-corrected chi connectivity index (χ3v) is 2.47. The molecule has 1 aromatic carbocycles. The third kappa shape index (κ3) is 3.67. The predicted molar refractivity (Wildman–Crippen MR) is 73.8 cm³/mol. The summed E-state index contributed by atoms with van der Waals surface area (Å²) >= 11 is 0. The summed E-state index contributed by atoms with van der Waals surface area (Å²) in [4.78, 5) is 0. The second-order valence-electron chi connectivity index (χ2n) is 4.91. The van der Waals surface area contributed by atoms with Gasteiger partial charge in [-0.2, -0.15) is 0 Å². The minimum atomic E-state index is -0.902. The van der Waals surface area contributed by atoms with E-state index in [0.29, 0.717) is 22.5 Å². The molecule has 0 atom stereocenters. The predicted octanol–water partition coefficient (Wildman–Crippen LogP) is 3.04. The largest absolute Gasteiger partial charge is 0.389 e. The molecule has 0 aliphatic carbocycles. The molecule has 4 heteroatoms. The van der Waals surface area contributed by atoms with Crippen LogP contribution < -0.4 is 5.32 Å². The van der Waals surface area contributed by atoms with Crippen LogP contribution in [0.1, 0.15) is 31.9 Å². The fourth-order valence-corrected chi connectivity index (χ4v) is 1.51. The van der Waals surface area contributed by atoms with Gasteiger partial charge in [-0.1, -0.05) is 12.7 Å². The fourth-order valence-electron chi connectivity index (χ4n) is 1.51. The van der Waals surface area contributed by atoms with E-state index in [4.69, 9.17) is 5.41 Å². The van der Waals surface area contributed by atoms with E-state index in [9.17, 15) is 9.50 Å². The first-order chi connectivity index (χ1) is 8.24. The molecule has 0 radical (unpaired) electrons. The van der Waals surface area contributed by atoms with Gasteiger partial charge in [0.15, 0.2) is 0 Å². The number of halogens is 1. The lowest BCUT2D eigenvalue weighted by molar-refractivity contribution is 0.0945. The molecule has 98 valence electrons. The molecule has 0 aromatic heterocycles. The maximum Gasteiger partial charge on any atom is 0.132 e. The molecule has 1 rings (SSSR count). The normalized spacial score (nSPS) is 11.2. The Bertz CT molecular complexity index is 475.